The Labute approximate surface area is 130 Å². The van der Waals surface area contributed by atoms with Gasteiger partial charge in [0.05, 0.1) is 24.5 Å². The van der Waals surface area contributed by atoms with Crippen LogP contribution in [0.1, 0.15) is 32.6 Å². The van der Waals surface area contributed by atoms with Gasteiger partial charge in [0.25, 0.3) is 0 Å². The number of ether oxygens (including phenoxy) is 3. The molecule has 0 radical (unpaired) electrons. The average Bonchev–Trinajstić information content (AvgIpc) is 2.92. The second-order valence-electron chi connectivity index (χ2n) is 7.51. The lowest BCUT2D eigenvalue weighted by Crippen LogP contribution is -2.69. The van der Waals surface area contributed by atoms with Gasteiger partial charge in [-0.3, -0.25) is 9.59 Å². The minimum Gasteiger partial charge on any atom is -0.469 e. The zero-order valence-electron chi connectivity index (χ0n) is 13.4. The lowest BCUT2D eigenvalue weighted by molar-refractivity contribution is -0.258. The van der Waals surface area contributed by atoms with Crippen molar-refractivity contribution >= 4 is 11.9 Å². The van der Waals surface area contributed by atoms with E-state index in [1.54, 1.807) is 7.11 Å². The van der Waals surface area contributed by atoms with Gasteiger partial charge < -0.3 is 14.2 Å². The highest BCUT2D eigenvalue weighted by atomic mass is 16.6. The fraction of sp³-hybridized carbons (Fsp3) is 0.882. The van der Waals surface area contributed by atoms with Crippen LogP contribution < -0.4 is 0 Å². The predicted octanol–water partition coefficient (Wildman–Crippen LogP) is 1.79. The van der Waals surface area contributed by atoms with Crippen LogP contribution in [-0.4, -0.2) is 38.4 Å². The van der Waals surface area contributed by atoms with Crippen LogP contribution in [0.15, 0.2) is 0 Å². The minimum atomic E-state index is -0.453. The highest BCUT2D eigenvalue weighted by Gasteiger charge is 2.73. The first kappa shape index (κ1) is 14.5. The van der Waals surface area contributed by atoms with E-state index in [0.29, 0.717) is 0 Å². The number of hydrogen-bond acceptors (Lipinski definition) is 5. The van der Waals surface area contributed by atoms with Crippen molar-refractivity contribution in [3.63, 3.8) is 0 Å². The van der Waals surface area contributed by atoms with E-state index in [1.807, 2.05) is 0 Å². The molecule has 0 unspecified atom stereocenters. The van der Waals surface area contributed by atoms with Gasteiger partial charge in [0.2, 0.25) is 0 Å². The molecule has 22 heavy (non-hydrogen) atoms. The van der Waals surface area contributed by atoms with Crippen LogP contribution in [0.3, 0.4) is 0 Å². The maximum absolute atomic E-state index is 12.8. The van der Waals surface area contributed by atoms with Gasteiger partial charge in [0, 0.05) is 18.9 Å². The summed E-state index contributed by atoms with van der Waals surface area (Å²) in [6.45, 7) is 2.13. The van der Waals surface area contributed by atoms with E-state index in [2.05, 4.69) is 6.92 Å². The van der Waals surface area contributed by atoms with Crippen LogP contribution in [0.4, 0.5) is 0 Å². The fourth-order valence-electron chi connectivity index (χ4n) is 6.39. The molecular weight excluding hydrogens is 284 g/mol. The number of esters is 2. The molecule has 0 aromatic heterocycles. The molecule has 5 fully saturated rings. The van der Waals surface area contributed by atoms with Gasteiger partial charge >= 0.3 is 11.9 Å². The number of methoxy groups -OCH3 is 2. The van der Waals surface area contributed by atoms with E-state index >= 15 is 0 Å². The Morgan fingerprint density at radius 2 is 2.09 bits per heavy atom. The molecule has 122 valence electrons. The lowest BCUT2D eigenvalue weighted by atomic mass is 9.48. The van der Waals surface area contributed by atoms with Gasteiger partial charge in [-0.05, 0) is 31.1 Å². The largest absolute Gasteiger partial charge is 0.469 e. The summed E-state index contributed by atoms with van der Waals surface area (Å²) in [5, 5.41) is 0. The summed E-state index contributed by atoms with van der Waals surface area (Å²) in [6, 6.07) is 0. The molecule has 2 aliphatic heterocycles. The molecule has 1 spiro atoms. The third kappa shape index (κ3) is 1.48. The molecule has 3 aliphatic carbocycles. The quantitative estimate of drug-likeness (QED) is 0.728. The van der Waals surface area contributed by atoms with Crippen LogP contribution in [0.2, 0.25) is 0 Å². The van der Waals surface area contributed by atoms with Crippen LogP contribution in [-0.2, 0) is 23.8 Å². The molecule has 2 bridgehead atoms. The standard InChI is InChI=1S/C17H24O5/c1-8-13(20-2)14-11-7-10(15(18)21-3)9-5-4-6-17(8,12(9)11)16(19)22-14/h8-14H,4-7H2,1-3H3/t8-,9-,10-,11+,12-,13-,14+,17-/m1/s1. The molecule has 2 saturated heterocycles. The van der Waals surface area contributed by atoms with E-state index in [-0.39, 0.29) is 53.7 Å². The van der Waals surface area contributed by atoms with E-state index < -0.39 is 5.41 Å². The SMILES string of the molecule is COC(=O)[C@@H]1C[C@@H]2[C@@H]3OC(=O)[C@]4(CCC[C@H]1[C@H]24)[C@H](C)[C@H]3OC. The van der Waals surface area contributed by atoms with Gasteiger partial charge in [0.1, 0.15) is 6.10 Å². The molecular formula is C17H24O5. The third-order valence-electron chi connectivity index (χ3n) is 7.14. The first-order chi connectivity index (χ1) is 10.6. The first-order valence-corrected chi connectivity index (χ1v) is 8.38. The summed E-state index contributed by atoms with van der Waals surface area (Å²) >= 11 is 0. The summed E-state index contributed by atoms with van der Waals surface area (Å²) in [5.74, 6) is 0.677. The van der Waals surface area contributed by atoms with Crippen LogP contribution in [0.25, 0.3) is 0 Å². The number of fused-ring (bicyclic) bond motifs is 2. The number of carbonyl (C=O) groups is 2. The normalized spacial score (nSPS) is 52.1. The summed E-state index contributed by atoms with van der Waals surface area (Å²) in [4.78, 5) is 25.0. The third-order valence-corrected chi connectivity index (χ3v) is 7.14. The molecule has 5 rings (SSSR count). The fourth-order valence-corrected chi connectivity index (χ4v) is 6.39. The molecule has 0 aromatic carbocycles. The van der Waals surface area contributed by atoms with Gasteiger partial charge in [0.15, 0.2) is 0 Å². The topological polar surface area (TPSA) is 61.8 Å². The zero-order chi connectivity index (χ0) is 15.6. The van der Waals surface area contributed by atoms with E-state index in [0.717, 1.165) is 25.7 Å². The van der Waals surface area contributed by atoms with Crippen molar-refractivity contribution in [2.45, 2.75) is 44.8 Å². The Hall–Kier alpha value is -1.10. The van der Waals surface area contributed by atoms with Crippen molar-refractivity contribution in [2.24, 2.45) is 35.0 Å². The van der Waals surface area contributed by atoms with E-state index in [1.165, 1.54) is 7.11 Å². The van der Waals surface area contributed by atoms with Crippen LogP contribution in [0, 0.1) is 35.0 Å². The highest BCUT2D eigenvalue weighted by Crippen LogP contribution is 2.68. The van der Waals surface area contributed by atoms with Gasteiger partial charge in [-0.15, -0.1) is 0 Å². The molecule has 3 saturated carbocycles. The molecule has 0 N–H and O–H groups in total. The maximum Gasteiger partial charge on any atom is 0.313 e. The summed E-state index contributed by atoms with van der Waals surface area (Å²) < 4.78 is 16.5. The number of hydrogen-bond donors (Lipinski definition) is 0. The molecule has 0 amide bonds. The number of rotatable bonds is 2. The minimum absolute atomic E-state index is 0.0465. The van der Waals surface area contributed by atoms with Crippen molar-refractivity contribution in [1.29, 1.82) is 0 Å². The molecule has 8 atom stereocenters. The van der Waals surface area contributed by atoms with Gasteiger partial charge in [-0.25, -0.2) is 0 Å². The van der Waals surface area contributed by atoms with Crippen molar-refractivity contribution in [3.8, 4) is 0 Å². The second-order valence-corrected chi connectivity index (χ2v) is 7.51. The molecule has 0 aromatic rings. The Morgan fingerprint density at radius 3 is 2.77 bits per heavy atom. The Bertz CT molecular complexity index is 517. The number of carbonyl (C=O) groups excluding carboxylic acids is 2. The van der Waals surface area contributed by atoms with Crippen molar-refractivity contribution in [3.05, 3.63) is 0 Å². The zero-order valence-corrected chi connectivity index (χ0v) is 13.4. The summed E-state index contributed by atoms with van der Waals surface area (Å²) in [6.07, 6.45) is 3.39. The van der Waals surface area contributed by atoms with Crippen LogP contribution in [0.5, 0.6) is 0 Å². The van der Waals surface area contributed by atoms with E-state index in [9.17, 15) is 9.59 Å². The van der Waals surface area contributed by atoms with Gasteiger partial charge in [-0.2, -0.15) is 0 Å². The van der Waals surface area contributed by atoms with Gasteiger partial charge in [-0.1, -0.05) is 13.3 Å². The Balaban J connectivity index is 1.80. The molecule has 5 nitrogen and oxygen atoms in total. The highest BCUT2D eigenvalue weighted by molar-refractivity contribution is 5.81. The predicted molar refractivity (Wildman–Crippen MR) is 76.7 cm³/mol. The maximum atomic E-state index is 12.8. The average molecular weight is 308 g/mol. The van der Waals surface area contributed by atoms with E-state index in [4.69, 9.17) is 14.2 Å². The molecule has 5 heteroatoms. The Morgan fingerprint density at radius 1 is 1.32 bits per heavy atom. The Kier molecular flexibility index (Phi) is 3.09. The second kappa shape index (κ2) is 4.70. The van der Waals surface area contributed by atoms with Crippen molar-refractivity contribution in [1.82, 2.24) is 0 Å². The summed E-state index contributed by atoms with van der Waals surface area (Å²) in [5.41, 5.74) is -0.453. The van der Waals surface area contributed by atoms with Crippen molar-refractivity contribution in [2.75, 3.05) is 14.2 Å². The summed E-state index contributed by atoms with van der Waals surface area (Å²) in [7, 11) is 3.16. The molecule has 2 heterocycles. The smallest absolute Gasteiger partial charge is 0.313 e. The molecule has 5 aliphatic rings. The van der Waals surface area contributed by atoms with Crippen LogP contribution >= 0.6 is 0 Å². The monoisotopic (exact) mass is 308 g/mol. The van der Waals surface area contributed by atoms with Crippen molar-refractivity contribution < 1.29 is 23.8 Å². The first-order valence-electron chi connectivity index (χ1n) is 8.38. The lowest BCUT2D eigenvalue weighted by Gasteiger charge is -2.61.